The van der Waals surface area contributed by atoms with E-state index in [4.69, 9.17) is 4.74 Å². The molecule has 146 valence electrons. The minimum absolute atomic E-state index is 0.0646. The van der Waals surface area contributed by atoms with Crippen LogP contribution in [0.3, 0.4) is 0 Å². The summed E-state index contributed by atoms with van der Waals surface area (Å²) in [6, 6.07) is 10.0. The molecular weight excluding hydrogens is 338 g/mol. The van der Waals surface area contributed by atoms with Crippen LogP contribution in [-0.4, -0.2) is 22.8 Å². The molecule has 0 aliphatic heterocycles. The lowest BCUT2D eigenvalue weighted by molar-refractivity contribution is 0.0856. The van der Waals surface area contributed by atoms with Gasteiger partial charge in [-0.05, 0) is 36.6 Å². The van der Waals surface area contributed by atoms with Crippen LogP contribution >= 0.6 is 0 Å². The van der Waals surface area contributed by atoms with E-state index in [1.54, 1.807) is 11.8 Å². The van der Waals surface area contributed by atoms with Gasteiger partial charge < -0.3 is 10.1 Å². The molecule has 1 aliphatic carbocycles. The minimum Gasteiger partial charge on any atom is -0.497 e. The first-order valence-corrected chi connectivity index (χ1v) is 9.77. The van der Waals surface area contributed by atoms with Crippen LogP contribution in [0.25, 0.3) is 0 Å². The number of benzene rings is 1. The molecule has 0 radical (unpaired) electrons. The largest absolute Gasteiger partial charge is 0.497 e. The van der Waals surface area contributed by atoms with E-state index < -0.39 is 0 Å². The van der Waals surface area contributed by atoms with Crippen molar-refractivity contribution < 1.29 is 9.53 Å². The highest BCUT2D eigenvalue weighted by Gasteiger charge is 2.36. The van der Waals surface area contributed by atoms with Gasteiger partial charge in [0.1, 0.15) is 11.4 Å². The number of hydrogen-bond donors (Lipinski definition) is 1. The first-order chi connectivity index (χ1) is 12.7. The summed E-state index contributed by atoms with van der Waals surface area (Å²) >= 11 is 0. The number of carbonyl (C=O) groups is 1. The van der Waals surface area contributed by atoms with Crippen LogP contribution in [-0.2, 0) is 18.0 Å². The van der Waals surface area contributed by atoms with Gasteiger partial charge in [0.15, 0.2) is 0 Å². The van der Waals surface area contributed by atoms with E-state index in [9.17, 15) is 4.79 Å². The lowest BCUT2D eigenvalue weighted by Crippen LogP contribution is -2.47. The summed E-state index contributed by atoms with van der Waals surface area (Å²) in [5.74, 6) is 0.757. The molecule has 3 rings (SSSR count). The van der Waals surface area contributed by atoms with Gasteiger partial charge in [0.05, 0.1) is 18.3 Å². The van der Waals surface area contributed by atoms with Crippen LogP contribution < -0.4 is 10.1 Å². The first kappa shape index (κ1) is 19.5. The Labute approximate surface area is 162 Å². The predicted octanol–water partition coefficient (Wildman–Crippen LogP) is 4.32. The number of hydrogen-bond acceptors (Lipinski definition) is 3. The second-order valence-corrected chi connectivity index (χ2v) is 8.62. The fraction of sp³-hybridized carbons (Fsp3) is 0.545. The molecule has 1 aliphatic rings. The van der Waals surface area contributed by atoms with E-state index in [1.165, 1.54) is 6.42 Å². The van der Waals surface area contributed by atoms with E-state index >= 15 is 0 Å². The van der Waals surface area contributed by atoms with Crippen molar-refractivity contribution in [1.29, 1.82) is 0 Å². The first-order valence-electron chi connectivity index (χ1n) is 9.77. The van der Waals surface area contributed by atoms with Crippen molar-refractivity contribution in [3.8, 4) is 5.75 Å². The molecule has 27 heavy (non-hydrogen) atoms. The number of rotatable bonds is 4. The van der Waals surface area contributed by atoms with Crippen molar-refractivity contribution in [2.45, 2.75) is 63.8 Å². The van der Waals surface area contributed by atoms with Gasteiger partial charge in [0.2, 0.25) is 0 Å². The highest BCUT2D eigenvalue weighted by atomic mass is 16.5. The van der Waals surface area contributed by atoms with Crippen molar-refractivity contribution in [1.82, 2.24) is 15.1 Å². The predicted molar refractivity (Wildman–Crippen MR) is 107 cm³/mol. The van der Waals surface area contributed by atoms with Crippen LogP contribution in [0, 0.1) is 0 Å². The number of methoxy groups -OCH3 is 1. The number of ether oxygens (including phenoxy) is 1. The standard InChI is InChI=1S/C22H31N3O2/c1-21(2,3)19-15-18(25(4)24-19)20(26)23-22(12-7-6-8-13-22)16-10-9-11-17(14-16)27-5/h9-11,14-15H,6-8,12-13H2,1-5H3,(H,23,26). The SMILES string of the molecule is COc1cccc(C2(NC(=O)c3cc(C(C)(C)C)nn3C)CCCCC2)c1. The normalized spacial score (nSPS) is 16.8. The molecule has 1 heterocycles. The van der Waals surface area contributed by atoms with Gasteiger partial charge in [-0.1, -0.05) is 52.2 Å². The molecule has 1 aromatic heterocycles. The Hall–Kier alpha value is -2.30. The summed E-state index contributed by atoms with van der Waals surface area (Å²) in [7, 11) is 3.51. The third-order valence-electron chi connectivity index (χ3n) is 5.56. The van der Waals surface area contributed by atoms with Crippen LogP contribution in [0.1, 0.15) is 74.6 Å². The lowest BCUT2D eigenvalue weighted by atomic mass is 9.76. The zero-order chi connectivity index (χ0) is 19.7. The highest BCUT2D eigenvalue weighted by Crippen LogP contribution is 2.38. The average molecular weight is 370 g/mol. The molecule has 0 unspecified atom stereocenters. The summed E-state index contributed by atoms with van der Waals surface area (Å²) in [6.45, 7) is 6.32. The topological polar surface area (TPSA) is 56.1 Å². The zero-order valence-corrected chi connectivity index (χ0v) is 17.1. The number of nitrogens with one attached hydrogen (secondary N) is 1. The number of aryl methyl sites for hydroxylation is 1. The maximum atomic E-state index is 13.2. The fourth-order valence-corrected chi connectivity index (χ4v) is 3.89. The van der Waals surface area contributed by atoms with E-state index in [2.05, 4.69) is 43.3 Å². The van der Waals surface area contributed by atoms with Gasteiger partial charge in [-0.25, -0.2) is 0 Å². The molecule has 2 aromatic rings. The summed E-state index contributed by atoms with van der Waals surface area (Å²) in [4.78, 5) is 13.2. The van der Waals surface area contributed by atoms with Gasteiger partial charge >= 0.3 is 0 Å². The molecule has 0 bridgehead atoms. The molecule has 5 heteroatoms. The van der Waals surface area contributed by atoms with Gasteiger partial charge in [-0.15, -0.1) is 0 Å². The Bertz CT molecular complexity index is 811. The van der Waals surface area contributed by atoms with Crippen molar-refractivity contribution in [2.75, 3.05) is 7.11 Å². The maximum Gasteiger partial charge on any atom is 0.270 e. The third kappa shape index (κ3) is 4.02. The minimum atomic E-state index is -0.351. The van der Waals surface area contributed by atoms with Crippen molar-refractivity contribution in [2.24, 2.45) is 7.05 Å². The van der Waals surface area contributed by atoms with Gasteiger partial charge in [-0.3, -0.25) is 9.48 Å². The van der Waals surface area contributed by atoms with Crippen LogP contribution in [0.5, 0.6) is 5.75 Å². The van der Waals surface area contributed by atoms with Crippen LogP contribution in [0.15, 0.2) is 30.3 Å². The van der Waals surface area contributed by atoms with E-state index in [1.807, 2.05) is 25.2 Å². The quantitative estimate of drug-likeness (QED) is 0.873. The number of carbonyl (C=O) groups excluding carboxylic acids is 1. The van der Waals surface area contributed by atoms with E-state index in [0.717, 1.165) is 42.7 Å². The smallest absolute Gasteiger partial charge is 0.270 e. The highest BCUT2D eigenvalue weighted by molar-refractivity contribution is 5.93. The summed E-state index contributed by atoms with van der Waals surface area (Å²) in [5, 5.41) is 7.92. The molecule has 0 saturated heterocycles. The number of amides is 1. The van der Waals surface area contributed by atoms with Crippen molar-refractivity contribution in [3.05, 3.63) is 47.3 Å². The van der Waals surface area contributed by atoms with Crippen LogP contribution in [0.2, 0.25) is 0 Å². The fourth-order valence-electron chi connectivity index (χ4n) is 3.89. The Morgan fingerprint density at radius 1 is 1.19 bits per heavy atom. The van der Waals surface area contributed by atoms with Crippen molar-refractivity contribution >= 4 is 5.91 Å². The van der Waals surface area contributed by atoms with Gasteiger partial charge in [0.25, 0.3) is 5.91 Å². The van der Waals surface area contributed by atoms with Crippen molar-refractivity contribution in [3.63, 3.8) is 0 Å². The second-order valence-electron chi connectivity index (χ2n) is 8.62. The molecular formula is C22H31N3O2. The molecule has 1 saturated carbocycles. The number of aromatic nitrogens is 2. The molecule has 1 amide bonds. The van der Waals surface area contributed by atoms with E-state index in [0.29, 0.717) is 5.69 Å². The Morgan fingerprint density at radius 2 is 1.89 bits per heavy atom. The molecule has 1 aromatic carbocycles. The summed E-state index contributed by atoms with van der Waals surface area (Å²) in [5.41, 5.74) is 2.21. The van der Waals surface area contributed by atoms with Crippen LogP contribution in [0.4, 0.5) is 0 Å². The summed E-state index contributed by atoms with van der Waals surface area (Å²) in [6.07, 6.45) is 5.31. The summed E-state index contributed by atoms with van der Waals surface area (Å²) < 4.78 is 7.11. The Balaban J connectivity index is 1.93. The van der Waals surface area contributed by atoms with E-state index in [-0.39, 0.29) is 16.9 Å². The molecule has 5 nitrogen and oxygen atoms in total. The second kappa shape index (κ2) is 7.37. The monoisotopic (exact) mass is 369 g/mol. The Kier molecular flexibility index (Phi) is 5.31. The molecule has 0 spiro atoms. The zero-order valence-electron chi connectivity index (χ0n) is 17.1. The average Bonchev–Trinajstić information content (AvgIpc) is 3.05. The maximum absolute atomic E-state index is 13.2. The molecule has 0 atom stereocenters. The lowest BCUT2D eigenvalue weighted by Gasteiger charge is -2.38. The van der Waals surface area contributed by atoms with Gasteiger partial charge in [0, 0.05) is 12.5 Å². The number of nitrogens with zero attached hydrogens (tertiary/aromatic N) is 2. The Morgan fingerprint density at radius 3 is 2.48 bits per heavy atom. The third-order valence-corrected chi connectivity index (χ3v) is 5.56. The molecule has 1 fully saturated rings. The van der Waals surface area contributed by atoms with Gasteiger partial charge in [-0.2, -0.15) is 5.10 Å². The molecule has 1 N–H and O–H groups in total.